The zero-order chi connectivity index (χ0) is 15.8. The Kier molecular flexibility index (Phi) is 7.15. The zero-order valence-electron chi connectivity index (χ0n) is 13.7. The van der Waals surface area contributed by atoms with E-state index in [1.165, 1.54) is 0 Å². The van der Waals surface area contributed by atoms with E-state index < -0.39 is 6.10 Å². The van der Waals surface area contributed by atoms with Gasteiger partial charge in [0, 0.05) is 18.3 Å². The molecule has 0 saturated heterocycles. The molecule has 0 bridgehead atoms. The van der Waals surface area contributed by atoms with Crippen molar-refractivity contribution in [2.24, 2.45) is 0 Å². The van der Waals surface area contributed by atoms with Crippen molar-refractivity contribution in [2.45, 2.75) is 59.2 Å². The van der Waals surface area contributed by atoms with Gasteiger partial charge >= 0.3 is 0 Å². The summed E-state index contributed by atoms with van der Waals surface area (Å²) in [5.41, 5.74) is 1.75. The highest BCUT2D eigenvalue weighted by atomic mass is 16.5. The number of nitrogens with zero attached hydrogens (tertiary/aromatic N) is 1. The molecule has 0 spiro atoms. The zero-order valence-corrected chi connectivity index (χ0v) is 13.7. The molecule has 0 aliphatic rings. The molecule has 1 heterocycles. The molecule has 0 fully saturated rings. The van der Waals surface area contributed by atoms with Crippen molar-refractivity contribution in [3.8, 4) is 5.75 Å². The number of carbonyl (C=O) groups is 1. The van der Waals surface area contributed by atoms with Crippen molar-refractivity contribution in [3.63, 3.8) is 0 Å². The average Bonchev–Trinajstić information content (AvgIpc) is 2.47. The van der Waals surface area contributed by atoms with Gasteiger partial charge in [0.15, 0.2) is 6.10 Å². The number of nitrogens with one attached hydrogen (secondary N) is 2. The van der Waals surface area contributed by atoms with Gasteiger partial charge < -0.3 is 15.4 Å². The molecular weight excluding hydrogens is 266 g/mol. The Hall–Kier alpha value is -1.62. The molecule has 1 unspecified atom stereocenters. The molecule has 5 nitrogen and oxygen atoms in total. The lowest BCUT2D eigenvalue weighted by Gasteiger charge is -2.20. The van der Waals surface area contributed by atoms with E-state index in [0.29, 0.717) is 12.3 Å². The number of carbonyl (C=O) groups excluding carboxylic acids is 1. The number of ether oxygens (including phenoxy) is 1. The minimum Gasteiger partial charge on any atom is -0.479 e. The van der Waals surface area contributed by atoms with E-state index in [1.54, 1.807) is 6.92 Å². The first kappa shape index (κ1) is 17.4. The molecule has 5 heteroatoms. The highest BCUT2D eigenvalue weighted by Gasteiger charge is 2.19. The van der Waals surface area contributed by atoms with Gasteiger partial charge in [0.1, 0.15) is 5.75 Å². The van der Waals surface area contributed by atoms with Crippen molar-refractivity contribution in [1.82, 2.24) is 15.6 Å². The fourth-order valence-electron chi connectivity index (χ4n) is 2.05. The van der Waals surface area contributed by atoms with Crippen molar-refractivity contribution >= 4 is 5.91 Å². The largest absolute Gasteiger partial charge is 0.479 e. The first-order chi connectivity index (χ1) is 10.0. The topological polar surface area (TPSA) is 63.2 Å². The van der Waals surface area contributed by atoms with E-state index >= 15 is 0 Å². The van der Waals surface area contributed by atoms with Crippen LogP contribution in [0.3, 0.4) is 0 Å². The van der Waals surface area contributed by atoms with E-state index in [2.05, 4.69) is 29.5 Å². The predicted molar refractivity (Wildman–Crippen MR) is 84.3 cm³/mol. The minimum absolute atomic E-state index is 0.0836. The molecule has 1 atom stereocenters. The fourth-order valence-corrected chi connectivity index (χ4v) is 2.05. The van der Waals surface area contributed by atoms with Gasteiger partial charge in [-0.1, -0.05) is 13.8 Å². The maximum Gasteiger partial charge on any atom is 0.260 e. The molecular formula is C16H27N3O2. The summed E-state index contributed by atoms with van der Waals surface area (Å²) >= 11 is 0. The van der Waals surface area contributed by atoms with Crippen molar-refractivity contribution in [1.29, 1.82) is 0 Å². The third kappa shape index (κ3) is 5.34. The van der Waals surface area contributed by atoms with Crippen LogP contribution in [0.4, 0.5) is 0 Å². The number of aryl methyl sites for hydroxylation is 1. The van der Waals surface area contributed by atoms with E-state index in [4.69, 9.17) is 4.74 Å². The van der Waals surface area contributed by atoms with E-state index in [9.17, 15) is 4.79 Å². The number of amides is 1. The van der Waals surface area contributed by atoms with Gasteiger partial charge in [-0.15, -0.1) is 0 Å². The monoisotopic (exact) mass is 293 g/mol. The van der Waals surface area contributed by atoms with Gasteiger partial charge in [0.2, 0.25) is 0 Å². The molecule has 0 saturated carbocycles. The number of aromatic nitrogens is 1. The van der Waals surface area contributed by atoms with E-state index in [0.717, 1.165) is 24.2 Å². The summed E-state index contributed by atoms with van der Waals surface area (Å²) in [6.45, 7) is 8.44. The third-order valence-corrected chi connectivity index (χ3v) is 3.42. The van der Waals surface area contributed by atoms with Crippen LogP contribution in [0.2, 0.25) is 0 Å². The van der Waals surface area contributed by atoms with Crippen LogP contribution in [0.1, 0.15) is 45.0 Å². The van der Waals surface area contributed by atoms with Gasteiger partial charge in [0.25, 0.3) is 5.91 Å². The second-order valence-electron chi connectivity index (χ2n) is 5.21. The van der Waals surface area contributed by atoms with Gasteiger partial charge in [-0.25, -0.2) is 0 Å². The van der Waals surface area contributed by atoms with E-state index in [-0.39, 0.29) is 11.9 Å². The van der Waals surface area contributed by atoms with Crippen LogP contribution in [0, 0.1) is 6.92 Å². The number of hydrogen-bond donors (Lipinski definition) is 2. The molecule has 0 aliphatic carbocycles. The molecule has 118 valence electrons. The van der Waals surface area contributed by atoms with Crippen LogP contribution < -0.4 is 15.4 Å². The Balaban J connectivity index is 2.73. The molecule has 1 aromatic rings. The van der Waals surface area contributed by atoms with Crippen LogP contribution in [0.5, 0.6) is 5.75 Å². The summed E-state index contributed by atoms with van der Waals surface area (Å²) in [5, 5.41) is 6.06. The van der Waals surface area contributed by atoms with Crippen LogP contribution in [-0.2, 0) is 11.3 Å². The van der Waals surface area contributed by atoms with E-state index in [1.807, 2.05) is 26.1 Å². The Bertz CT molecular complexity index is 459. The van der Waals surface area contributed by atoms with Gasteiger partial charge in [-0.3, -0.25) is 9.78 Å². The molecule has 1 amide bonds. The highest BCUT2D eigenvalue weighted by Crippen LogP contribution is 2.18. The highest BCUT2D eigenvalue weighted by molar-refractivity contribution is 5.81. The summed E-state index contributed by atoms with van der Waals surface area (Å²) < 4.78 is 5.79. The first-order valence-corrected chi connectivity index (χ1v) is 7.59. The third-order valence-electron chi connectivity index (χ3n) is 3.42. The van der Waals surface area contributed by atoms with Crippen LogP contribution in [-0.4, -0.2) is 30.1 Å². The first-order valence-electron chi connectivity index (χ1n) is 7.59. The Labute approximate surface area is 127 Å². The quantitative estimate of drug-likeness (QED) is 0.771. The maximum absolute atomic E-state index is 12.1. The number of rotatable bonds is 8. The fraction of sp³-hybridized carbons (Fsp3) is 0.625. The maximum atomic E-state index is 12.1. The number of pyridine rings is 1. The van der Waals surface area contributed by atoms with Gasteiger partial charge in [0.05, 0.1) is 5.69 Å². The minimum atomic E-state index is -0.536. The summed E-state index contributed by atoms with van der Waals surface area (Å²) in [4.78, 5) is 16.6. The summed E-state index contributed by atoms with van der Waals surface area (Å²) in [6.07, 6.45) is 1.31. The second kappa shape index (κ2) is 8.62. The summed E-state index contributed by atoms with van der Waals surface area (Å²) in [7, 11) is 1.86. The lowest BCUT2D eigenvalue weighted by atomic mass is 10.1. The molecule has 0 aromatic carbocycles. The smallest absolute Gasteiger partial charge is 0.260 e. The Morgan fingerprint density at radius 1 is 1.33 bits per heavy atom. The molecule has 1 rings (SSSR count). The Morgan fingerprint density at radius 2 is 2.00 bits per heavy atom. The lowest BCUT2D eigenvalue weighted by Crippen LogP contribution is -2.42. The molecule has 0 radical (unpaired) electrons. The predicted octanol–water partition coefficient (Wildman–Crippen LogP) is 2.18. The summed E-state index contributed by atoms with van der Waals surface area (Å²) in [6, 6.07) is 3.96. The SMILES string of the molecule is CCC(CC)NC(=O)C(C)Oc1ccc(C)nc1CNC. The van der Waals surface area contributed by atoms with Gasteiger partial charge in [-0.05, 0) is 45.9 Å². The van der Waals surface area contributed by atoms with Crippen LogP contribution >= 0.6 is 0 Å². The molecule has 21 heavy (non-hydrogen) atoms. The number of hydrogen-bond acceptors (Lipinski definition) is 4. The van der Waals surface area contributed by atoms with Crippen LogP contribution in [0.25, 0.3) is 0 Å². The Morgan fingerprint density at radius 3 is 2.57 bits per heavy atom. The normalized spacial score (nSPS) is 12.3. The van der Waals surface area contributed by atoms with Crippen LogP contribution in [0.15, 0.2) is 12.1 Å². The molecule has 1 aromatic heterocycles. The summed E-state index contributed by atoms with van der Waals surface area (Å²) in [5.74, 6) is 0.571. The average molecular weight is 293 g/mol. The second-order valence-corrected chi connectivity index (χ2v) is 5.21. The van der Waals surface area contributed by atoms with Gasteiger partial charge in [-0.2, -0.15) is 0 Å². The lowest BCUT2D eigenvalue weighted by molar-refractivity contribution is -0.128. The molecule has 2 N–H and O–H groups in total. The van der Waals surface area contributed by atoms with Crippen molar-refractivity contribution in [3.05, 3.63) is 23.5 Å². The van der Waals surface area contributed by atoms with Crippen molar-refractivity contribution in [2.75, 3.05) is 7.05 Å². The van der Waals surface area contributed by atoms with Crippen molar-refractivity contribution < 1.29 is 9.53 Å². The molecule has 0 aliphatic heterocycles. The standard InChI is InChI=1S/C16H27N3O2/c1-6-13(7-2)19-16(20)12(4)21-15-9-8-11(3)18-14(15)10-17-5/h8-9,12-13,17H,6-7,10H2,1-5H3,(H,19,20).